The molecule has 0 heterocycles. The van der Waals surface area contributed by atoms with E-state index in [4.69, 9.17) is 9.84 Å². The van der Waals surface area contributed by atoms with Gasteiger partial charge in [0.2, 0.25) is 10.0 Å². The van der Waals surface area contributed by atoms with Crippen LogP contribution in [0.4, 0.5) is 5.69 Å². The van der Waals surface area contributed by atoms with E-state index in [1.54, 1.807) is 18.2 Å². The molecule has 0 aromatic heterocycles. The van der Waals surface area contributed by atoms with Gasteiger partial charge in [0.05, 0.1) is 11.4 Å². The summed E-state index contributed by atoms with van der Waals surface area (Å²) < 4.78 is 33.2. The maximum absolute atomic E-state index is 12.9. The first-order valence-electron chi connectivity index (χ1n) is 9.89. The van der Waals surface area contributed by atoms with Gasteiger partial charge in [-0.2, -0.15) is 0 Å². The molecule has 2 aromatic carbocycles. The number of nitrogens with zero attached hydrogens (tertiary/aromatic N) is 1. The Bertz CT molecular complexity index is 995. The second-order valence-electron chi connectivity index (χ2n) is 7.38. The Morgan fingerprint density at radius 2 is 1.83 bits per heavy atom. The number of ether oxygens (including phenoxy) is 1. The topological polar surface area (TPSA) is 83.9 Å². The van der Waals surface area contributed by atoms with Crippen molar-refractivity contribution in [2.24, 2.45) is 0 Å². The van der Waals surface area contributed by atoms with E-state index < -0.39 is 16.0 Å². The normalized spacial score (nSPS) is 11.8. The molecule has 0 saturated carbocycles. The summed E-state index contributed by atoms with van der Waals surface area (Å²) in [7, 11) is -3.46. The molecule has 162 valence electrons. The monoisotopic (exact) mass is 431 g/mol. The largest absolute Gasteiger partial charge is 0.487 e. The van der Waals surface area contributed by atoms with Gasteiger partial charge in [-0.3, -0.25) is 4.31 Å². The number of benzene rings is 2. The van der Waals surface area contributed by atoms with E-state index in [0.29, 0.717) is 17.9 Å². The zero-order valence-electron chi connectivity index (χ0n) is 17.8. The highest BCUT2D eigenvalue weighted by molar-refractivity contribution is 7.92. The average molecular weight is 432 g/mol. The molecule has 0 saturated heterocycles. The second kappa shape index (κ2) is 10.3. The molecule has 2 rings (SSSR count). The van der Waals surface area contributed by atoms with Gasteiger partial charge < -0.3 is 9.84 Å². The zero-order valence-corrected chi connectivity index (χ0v) is 18.6. The van der Waals surface area contributed by atoms with Gasteiger partial charge >= 0.3 is 5.97 Å². The van der Waals surface area contributed by atoms with E-state index in [1.807, 2.05) is 52.0 Å². The Balaban J connectivity index is 2.28. The molecule has 7 heteroatoms. The smallest absolute Gasteiger partial charge is 0.328 e. The number of anilines is 1. The lowest BCUT2D eigenvalue weighted by atomic mass is 10.1. The Labute approximate surface area is 178 Å². The molecular formula is C23H29NO5S. The third-order valence-electron chi connectivity index (χ3n) is 4.38. The van der Waals surface area contributed by atoms with E-state index in [-0.39, 0.29) is 18.4 Å². The van der Waals surface area contributed by atoms with Crippen LogP contribution in [0.2, 0.25) is 0 Å². The minimum Gasteiger partial charge on any atom is -0.487 e. The number of aliphatic carboxylic acids is 1. The van der Waals surface area contributed by atoms with Gasteiger partial charge in [0.15, 0.2) is 0 Å². The number of carboxylic acids is 1. The van der Waals surface area contributed by atoms with Crippen molar-refractivity contribution in [2.75, 3.05) is 10.1 Å². The summed E-state index contributed by atoms with van der Waals surface area (Å²) in [6.07, 6.45) is 3.14. The van der Waals surface area contributed by atoms with Crippen molar-refractivity contribution >= 4 is 27.8 Å². The van der Waals surface area contributed by atoms with Crippen molar-refractivity contribution in [3.05, 3.63) is 65.2 Å². The molecule has 1 N–H and O–H groups in total. The fraction of sp³-hybridized carbons (Fsp3) is 0.348. The van der Waals surface area contributed by atoms with Crippen LogP contribution in [-0.4, -0.2) is 31.3 Å². The predicted molar refractivity (Wildman–Crippen MR) is 120 cm³/mol. The molecule has 30 heavy (non-hydrogen) atoms. The molecule has 0 bridgehead atoms. The van der Waals surface area contributed by atoms with Gasteiger partial charge in [-0.05, 0) is 62.1 Å². The Kier molecular flexibility index (Phi) is 8.06. The summed E-state index contributed by atoms with van der Waals surface area (Å²) in [4.78, 5) is 10.6. The van der Waals surface area contributed by atoms with Crippen molar-refractivity contribution in [3.63, 3.8) is 0 Å². The maximum atomic E-state index is 12.9. The Morgan fingerprint density at radius 3 is 2.40 bits per heavy atom. The highest BCUT2D eigenvalue weighted by atomic mass is 32.2. The average Bonchev–Trinajstić information content (AvgIpc) is 2.66. The van der Waals surface area contributed by atoms with Crippen LogP contribution in [0.15, 0.2) is 48.5 Å². The first-order chi connectivity index (χ1) is 14.1. The molecule has 0 aliphatic carbocycles. The van der Waals surface area contributed by atoms with Crippen LogP contribution < -0.4 is 9.04 Å². The van der Waals surface area contributed by atoms with Crippen molar-refractivity contribution in [1.29, 1.82) is 0 Å². The fourth-order valence-electron chi connectivity index (χ4n) is 3.08. The summed E-state index contributed by atoms with van der Waals surface area (Å²) >= 11 is 0. The van der Waals surface area contributed by atoms with Crippen LogP contribution in [0.1, 0.15) is 43.9 Å². The van der Waals surface area contributed by atoms with Crippen molar-refractivity contribution in [1.82, 2.24) is 0 Å². The first kappa shape index (κ1) is 23.5. The third-order valence-corrected chi connectivity index (χ3v) is 6.52. The lowest BCUT2D eigenvalue weighted by molar-refractivity contribution is -0.131. The van der Waals surface area contributed by atoms with E-state index in [1.165, 1.54) is 10.4 Å². The minimum atomic E-state index is -3.46. The summed E-state index contributed by atoms with van der Waals surface area (Å²) in [6.45, 7) is 7.73. The lowest BCUT2D eigenvalue weighted by Crippen LogP contribution is -2.38. The van der Waals surface area contributed by atoms with Crippen molar-refractivity contribution in [2.45, 2.75) is 46.8 Å². The molecule has 0 radical (unpaired) electrons. The predicted octanol–water partition coefficient (Wildman–Crippen LogP) is 4.63. The molecule has 0 unspecified atom stereocenters. The van der Waals surface area contributed by atoms with Crippen LogP contribution in [0.25, 0.3) is 6.08 Å². The van der Waals surface area contributed by atoms with Crippen LogP contribution >= 0.6 is 0 Å². The Morgan fingerprint density at radius 1 is 1.17 bits per heavy atom. The van der Waals surface area contributed by atoms with E-state index in [9.17, 15) is 13.2 Å². The molecule has 0 aliphatic heterocycles. The molecule has 6 nitrogen and oxygen atoms in total. The second-order valence-corrected chi connectivity index (χ2v) is 9.34. The van der Waals surface area contributed by atoms with Crippen LogP contribution in [0, 0.1) is 6.92 Å². The van der Waals surface area contributed by atoms with Gasteiger partial charge in [-0.15, -0.1) is 0 Å². The van der Waals surface area contributed by atoms with Gasteiger partial charge in [-0.25, -0.2) is 13.2 Å². The van der Waals surface area contributed by atoms with Gasteiger partial charge in [0.25, 0.3) is 0 Å². The van der Waals surface area contributed by atoms with Crippen LogP contribution in [0.5, 0.6) is 5.75 Å². The number of rotatable bonds is 10. The molecule has 0 amide bonds. The number of sulfonamides is 1. The maximum Gasteiger partial charge on any atom is 0.328 e. The first-order valence-corrected chi connectivity index (χ1v) is 11.5. The third kappa shape index (κ3) is 6.35. The summed E-state index contributed by atoms with van der Waals surface area (Å²) in [5.74, 6) is -0.413. The highest BCUT2D eigenvalue weighted by Gasteiger charge is 2.27. The number of hydrogen-bond donors (Lipinski definition) is 1. The molecule has 0 spiro atoms. The van der Waals surface area contributed by atoms with E-state index in [2.05, 4.69) is 0 Å². The van der Waals surface area contributed by atoms with Crippen LogP contribution in [-0.2, 0) is 21.4 Å². The Hall–Kier alpha value is -2.80. The highest BCUT2D eigenvalue weighted by Crippen LogP contribution is 2.34. The van der Waals surface area contributed by atoms with Crippen molar-refractivity contribution < 1.29 is 23.1 Å². The summed E-state index contributed by atoms with van der Waals surface area (Å²) in [5, 5.41) is 8.71. The van der Waals surface area contributed by atoms with Gasteiger partial charge in [0, 0.05) is 12.1 Å². The van der Waals surface area contributed by atoms with Crippen LogP contribution in [0.3, 0.4) is 0 Å². The zero-order chi connectivity index (χ0) is 22.3. The quantitative estimate of drug-likeness (QED) is 0.555. The fourth-order valence-corrected chi connectivity index (χ4v) is 4.88. The minimum absolute atomic E-state index is 0.0732. The lowest BCUT2D eigenvalue weighted by Gasteiger charge is -2.30. The van der Waals surface area contributed by atoms with Gasteiger partial charge in [0.1, 0.15) is 12.4 Å². The SMILES string of the molecule is CCCS(=O)(=O)N(c1ccc(C)cc1OCc1ccc(C=CC(=O)O)cc1)C(C)C. The number of aryl methyl sites for hydroxylation is 1. The molecular weight excluding hydrogens is 402 g/mol. The number of carboxylic acid groups (broad SMARTS) is 1. The standard InChI is InChI=1S/C23H29NO5S/c1-5-14-30(27,28)24(17(2)3)21-12-6-18(4)15-22(21)29-16-20-9-7-19(8-10-20)11-13-23(25)26/h6-13,15,17H,5,14,16H2,1-4H3,(H,25,26). The molecule has 0 atom stereocenters. The van der Waals surface area contributed by atoms with E-state index in [0.717, 1.165) is 22.8 Å². The van der Waals surface area contributed by atoms with Gasteiger partial charge in [-0.1, -0.05) is 37.3 Å². The van der Waals surface area contributed by atoms with Crippen molar-refractivity contribution in [3.8, 4) is 5.75 Å². The number of hydrogen-bond acceptors (Lipinski definition) is 4. The van der Waals surface area contributed by atoms with E-state index >= 15 is 0 Å². The summed E-state index contributed by atoms with van der Waals surface area (Å²) in [6, 6.07) is 12.6. The summed E-state index contributed by atoms with van der Waals surface area (Å²) in [5.41, 5.74) is 3.17. The number of carbonyl (C=O) groups is 1. The molecule has 0 fully saturated rings. The molecule has 0 aliphatic rings. The molecule has 2 aromatic rings.